The van der Waals surface area contributed by atoms with Gasteiger partial charge < -0.3 is 10.6 Å². The van der Waals surface area contributed by atoms with Crippen LogP contribution in [0.4, 0.5) is 43.8 Å². The minimum Gasteiger partial charge on any atom is -0.351 e. The first-order chi connectivity index (χ1) is 14.6. The van der Waals surface area contributed by atoms with Crippen LogP contribution in [0.15, 0.2) is 48.8 Å². The summed E-state index contributed by atoms with van der Waals surface area (Å²) in [6.45, 7) is 0. The fourth-order valence-electron chi connectivity index (χ4n) is 2.86. The van der Waals surface area contributed by atoms with E-state index in [2.05, 4.69) is 25.6 Å². The van der Waals surface area contributed by atoms with Gasteiger partial charge in [-0.15, -0.1) is 0 Å². The van der Waals surface area contributed by atoms with Gasteiger partial charge in [0.2, 0.25) is 5.95 Å². The van der Waals surface area contributed by atoms with Crippen LogP contribution in [0.3, 0.4) is 0 Å². The molecule has 1 aromatic carbocycles. The van der Waals surface area contributed by atoms with Crippen molar-refractivity contribution in [2.24, 2.45) is 0 Å². The van der Waals surface area contributed by atoms with Crippen molar-refractivity contribution in [1.29, 1.82) is 0 Å². The maximum absolute atomic E-state index is 13.5. The molecule has 1 fully saturated rings. The lowest BCUT2D eigenvalue weighted by molar-refractivity contribution is -0.142. The van der Waals surface area contributed by atoms with Gasteiger partial charge in [0.1, 0.15) is 5.82 Å². The number of anilines is 3. The Hall–Kier alpha value is -3.37. The molecule has 31 heavy (non-hydrogen) atoms. The molecule has 2 heterocycles. The quantitative estimate of drug-likeness (QED) is 0.485. The Morgan fingerprint density at radius 3 is 2.16 bits per heavy atom. The van der Waals surface area contributed by atoms with E-state index < -0.39 is 29.2 Å². The van der Waals surface area contributed by atoms with Crippen molar-refractivity contribution in [2.75, 3.05) is 10.6 Å². The highest BCUT2D eigenvalue weighted by molar-refractivity contribution is 5.69. The first-order valence-electron chi connectivity index (χ1n) is 9.21. The van der Waals surface area contributed by atoms with Gasteiger partial charge in [-0.25, -0.2) is 4.98 Å². The maximum Gasteiger partial charge on any atom is 0.418 e. The van der Waals surface area contributed by atoms with Crippen LogP contribution in [-0.2, 0) is 12.4 Å². The molecule has 162 valence electrons. The molecule has 1 aliphatic carbocycles. The molecule has 11 heteroatoms. The van der Waals surface area contributed by atoms with E-state index in [1.165, 1.54) is 18.5 Å². The molecule has 2 aromatic heterocycles. The van der Waals surface area contributed by atoms with Crippen LogP contribution in [0.2, 0.25) is 0 Å². The average molecular weight is 439 g/mol. The van der Waals surface area contributed by atoms with Gasteiger partial charge in [-0.3, -0.25) is 4.98 Å². The Morgan fingerprint density at radius 1 is 0.839 bits per heavy atom. The molecule has 0 unspecified atom stereocenters. The lowest BCUT2D eigenvalue weighted by Crippen LogP contribution is -2.14. The molecular formula is C20H15F6N5. The number of hydrogen-bond donors (Lipinski definition) is 2. The first kappa shape index (κ1) is 20.9. The number of nitrogens with zero attached hydrogens (tertiary/aromatic N) is 3. The second kappa shape index (κ2) is 7.71. The summed E-state index contributed by atoms with van der Waals surface area (Å²) in [4.78, 5) is 12.5. The predicted molar refractivity (Wildman–Crippen MR) is 102 cm³/mol. The van der Waals surface area contributed by atoms with Crippen LogP contribution in [-0.4, -0.2) is 21.0 Å². The Labute approximate surface area is 172 Å². The van der Waals surface area contributed by atoms with E-state index in [0.717, 1.165) is 18.9 Å². The summed E-state index contributed by atoms with van der Waals surface area (Å²) in [7, 11) is 0. The molecule has 2 N–H and O–H groups in total. The van der Waals surface area contributed by atoms with Crippen molar-refractivity contribution in [3.05, 3.63) is 59.9 Å². The van der Waals surface area contributed by atoms with Crippen LogP contribution in [0.25, 0.3) is 11.3 Å². The largest absolute Gasteiger partial charge is 0.418 e. The highest BCUT2D eigenvalue weighted by atomic mass is 19.4. The summed E-state index contributed by atoms with van der Waals surface area (Å²) >= 11 is 0. The predicted octanol–water partition coefficient (Wildman–Crippen LogP) is 5.89. The van der Waals surface area contributed by atoms with Crippen molar-refractivity contribution in [3.8, 4) is 11.3 Å². The van der Waals surface area contributed by atoms with E-state index in [1.54, 1.807) is 12.1 Å². The first-order valence-corrected chi connectivity index (χ1v) is 9.21. The SMILES string of the molecule is FC(F)(F)c1ccc(Nc2cc(-c3ccncc3)nc(NC3CC3)n2)c(C(F)(F)F)c1. The molecule has 1 saturated carbocycles. The van der Waals surface area contributed by atoms with Gasteiger partial charge in [-0.1, -0.05) is 0 Å². The molecule has 0 radical (unpaired) electrons. The highest BCUT2D eigenvalue weighted by Crippen LogP contribution is 2.40. The summed E-state index contributed by atoms with van der Waals surface area (Å²) in [5.41, 5.74) is -2.30. The number of rotatable bonds is 5. The summed E-state index contributed by atoms with van der Waals surface area (Å²) in [6, 6.07) is 6.36. The number of pyridine rings is 1. The third kappa shape index (κ3) is 5.04. The van der Waals surface area contributed by atoms with E-state index in [4.69, 9.17) is 0 Å². The molecule has 0 atom stereocenters. The van der Waals surface area contributed by atoms with E-state index in [9.17, 15) is 26.3 Å². The van der Waals surface area contributed by atoms with Crippen LogP contribution < -0.4 is 10.6 Å². The molecule has 0 spiro atoms. The number of halogens is 6. The zero-order valence-corrected chi connectivity index (χ0v) is 15.7. The van der Waals surface area contributed by atoms with Crippen LogP contribution >= 0.6 is 0 Å². The van der Waals surface area contributed by atoms with E-state index in [-0.39, 0.29) is 23.9 Å². The van der Waals surface area contributed by atoms with Gasteiger partial charge >= 0.3 is 12.4 Å². The van der Waals surface area contributed by atoms with Crippen LogP contribution in [0.1, 0.15) is 24.0 Å². The highest BCUT2D eigenvalue weighted by Gasteiger charge is 2.38. The normalized spacial score (nSPS) is 14.4. The fourth-order valence-corrected chi connectivity index (χ4v) is 2.86. The Kier molecular flexibility index (Phi) is 5.19. The Bertz CT molecular complexity index is 1080. The van der Waals surface area contributed by atoms with E-state index in [0.29, 0.717) is 17.3 Å². The van der Waals surface area contributed by atoms with Crippen molar-refractivity contribution in [3.63, 3.8) is 0 Å². The number of benzene rings is 1. The van der Waals surface area contributed by atoms with Gasteiger partial charge in [0.05, 0.1) is 22.5 Å². The van der Waals surface area contributed by atoms with Crippen molar-refractivity contribution in [2.45, 2.75) is 31.2 Å². The maximum atomic E-state index is 13.5. The van der Waals surface area contributed by atoms with Gasteiger partial charge in [0.15, 0.2) is 0 Å². The fraction of sp³-hybridized carbons (Fsp3) is 0.250. The molecule has 0 aliphatic heterocycles. The minimum atomic E-state index is -5.00. The van der Waals surface area contributed by atoms with Gasteiger partial charge in [0, 0.05) is 30.1 Å². The smallest absolute Gasteiger partial charge is 0.351 e. The third-order valence-corrected chi connectivity index (χ3v) is 4.53. The van der Waals surface area contributed by atoms with Crippen molar-refractivity contribution < 1.29 is 26.3 Å². The van der Waals surface area contributed by atoms with Crippen LogP contribution in [0.5, 0.6) is 0 Å². The standard InChI is InChI=1S/C20H15F6N5/c21-19(22,23)12-1-4-15(14(9-12)20(24,25)26)29-17-10-16(11-5-7-27-8-6-11)30-18(31-17)28-13-2-3-13/h1,4-10,13H,2-3H2,(H2,28,29,30,31). The molecule has 0 saturated heterocycles. The van der Waals surface area contributed by atoms with Crippen molar-refractivity contribution in [1.82, 2.24) is 15.0 Å². The van der Waals surface area contributed by atoms with E-state index >= 15 is 0 Å². The molecular weight excluding hydrogens is 424 g/mol. The van der Waals surface area contributed by atoms with Gasteiger partial charge in [-0.05, 0) is 43.2 Å². The Morgan fingerprint density at radius 2 is 1.55 bits per heavy atom. The topological polar surface area (TPSA) is 62.7 Å². The molecule has 0 amide bonds. The molecule has 5 nitrogen and oxygen atoms in total. The van der Waals surface area contributed by atoms with Crippen molar-refractivity contribution >= 4 is 17.5 Å². The molecule has 3 aromatic rings. The third-order valence-electron chi connectivity index (χ3n) is 4.53. The summed E-state index contributed by atoms with van der Waals surface area (Å²) < 4.78 is 79.1. The lowest BCUT2D eigenvalue weighted by atomic mass is 10.1. The second-order valence-corrected chi connectivity index (χ2v) is 7.00. The zero-order chi connectivity index (χ0) is 22.2. The van der Waals surface area contributed by atoms with E-state index in [1.807, 2.05) is 0 Å². The van der Waals surface area contributed by atoms with Gasteiger partial charge in [-0.2, -0.15) is 31.3 Å². The molecule has 4 rings (SSSR count). The number of alkyl halides is 6. The van der Waals surface area contributed by atoms with Crippen LogP contribution in [0, 0.1) is 0 Å². The average Bonchev–Trinajstić information content (AvgIpc) is 3.51. The molecule has 0 bridgehead atoms. The summed E-state index contributed by atoms with van der Waals surface area (Å²) in [5, 5.41) is 5.59. The van der Waals surface area contributed by atoms with Gasteiger partial charge in [0.25, 0.3) is 0 Å². The summed E-state index contributed by atoms with van der Waals surface area (Å²) in [5.74, 6) is 0.218. The Balaban J connectivity index is 1.74. The number of aromatic nitrogens is 3. The summed E-state index contributed by atoms with van der Waals surface area (Å²) in [6.07, 6.45) is -4.99. The minimum absolute atomic E-state index is 0.00946. The number of nitrogens with one attached hydrogen (secondary N) is 2. The molecule has 1 aliphatic rings. The zero-order valence-electron chi connectivity index (χ0n) is 15.7. The lowest BCUT2D eigenvalue weighted by Gasteiger charge is -2.17. The monoisotopic (exact) mass is 439 g/mol. The number of hydrogen-bond acceptors (Lipinski definition) is 5. The second-order valence-electron chi connectivity index (χ2n) is 7.00.